The van der Waals surface area contributed by atoms with Crippen LogP contribution in [0, 0.1) is 11.3 Å². The maximum Gasteiger partial charge on any atom is 0.292 e. The minimum atomic E-state index is -2.16. The molecule has 4 aromatic rings. The van der Waals surface area contributed by atoms with Crippen LogP contribution in [0.1, 0.15) is 21.7 Å². The van der Waals surface area contributed by atoms with Crippen LogP contribution in [0.3, 0.4) is 0 Å². The van der Waals surface area contributed by atoms with Crippen LogP contribution >= 0.6 is 8.38 Å². The van der Waals surface area contributed by atoms with Crippen molar-refractivity contribution in [2.45, 2.75) is 6.54 Å². The Morgan fingerprint density at radius 2 is 1.97 bits per heavy atom. The Hall–Kier alpha value is -3.70. The summed E-state index contributed by atoms with van der Waals surface area (Å²) in [4.78, 5) is 44.0. The standard InChI is InChI=1S/C20H15N6O3P/c21-10-14-3-6-17-16(9-14)24-19(20(27)25-18-11-22-7-8-23-18)26(17)12-13-1-4-15(5-2-13)30(28)29/h1-9,11,28-29H,12H2,(H,23,25,27). The fraction of sp³-hybridized carbons (Fsp3) is 0.0500. The third kappa shape index (κ3) is 4.02. The molecule has 0 atom stereocenters. The predicted molar refractivity (Wildman–Crippen MR) is 111 cm³/mol. The lowest BCUT2D eigenvalue weighted by Crippen LogP contribution is -2.19. The summed E-state index contributed by atoms with van der Waals surface area (Å²) >= 11 is 0. The number of aromatic nitrogens is 4. The summed E-state index contributed by atoms with van der Waals surface area (Å²) in [5.41, 5.74) is 2.49. The lowest BCUT2D eigenvalue weighted by molar-refractivity contribution is 0.101. The number of hydrogen-bond donors (Lipinski definition) is 3. The van der Waals surface area contributed by atoms with E-state index in [1.807, 2.05) is 0 Å². The van der Waals surface area contributed by atoms with E-state index in [1.165, 1.54) is 18.6 Å². The van der Waals surface area contributed by atoms with E-state index in [2.05, 4.69) is 26.3 Å². The summed E-state index contributed by atoms with van der Waals surface area (Å²) in [6.45, 7) is 0.320. The van der Waals surface area contributed by atoms with E-state index in [-0.39, 0.29) is 5.82 Å². The molecule has 0 bridgehead atoms. The van der Waals surface area contributed by atoms with Crippen LogP contribution in [-0.2, 0) is 6.54 Å². The van der Waals surface area contributed by atoms with Gasteiger partial charge in [-0.15, -0.1) is 0 Å². The Morgan fingerprint density at radius 1 is 1.17 bits per heavy atom. The minimum absolute atomic E-state index is 0.154. The van der Waals surface area contributed by atoms with E-state index in [1.54, 1.807) is 47.0 Å². The number of nitrogens with zero attached hydrogens (tertiary/aromatic N) is 5. The number of imidazole rings is 1. The second kappa shape index (κ2) is 8.35. The number of hydrogen-bond acceptors (Lipinski definition) is 7. The first-order chi connectivity index (χ1) is 14.5. The molecular formula is C20H15N6O3P. The number of carbonyl (C=O) groups is 1. The maximum absolute atomic E-state index is 12.9. The zero-order valence-electron chi connectivity index (χ0n) is 15.5. The number of nitriles is 1. The first-order valence-electron chi connectivity index (χ1n) is 8.80. The van der Waals surface area contributed by atoms with Crippen molar-refractivity contribution in [2.75, 3.05) is 5.32 Å². The SMILES string of the molecule is N#Cc1ccc2c(c1)nc(C(=O)Nc1cnccn1)n2Cc1ccc(P(O)O)cc1. The van der Waals surface area contributed by atoms with Crippen molar-refractivity contribution in [3.63, 3.8) is 0 Å². The number of amides is 1. The van der Waals surface area contributed by atoms with Crippen LogP contribution in [0.15, 0.2) is 61.1 Å². The Bertz CT molecular complexity index is 1250. The molecule has 2 aromatic carbocycles. The summed E-state index contributed by atoms with van der Waals surface area (Å²) in [5.74, 6) is -0.0140. The number of fused-ring (bicyclic) bond motifs is 1. The zero-order valence-corrected chi connectivity index (χ0v) is 16.4. The van der Waals surface area contributed by atoms with Gasteiger partial charge in [-0.25, -0.2) is 9.97 Å². The summed E-state index contributed by atoms with van der Waals surface area (Å²) in [5, 5.41) is 12.3. The first kappa shape index (κ1) is 19.6. The van der Waals surface area contributed by atoms with Gasteiger partial charge in [0.25, 0.3) is 5.91 Å². The van der Waals surface area contributed by atoms with Crippen molar-refractivity contribution >= 4 is 36.4 Å². The van der Waals surface area contributed by atoms with E-state index in [0.717, 1.165) is 5.56 Å². The van der Waals surface area contributed by atoms with Crippen molar-refractivity contribution in [3.8, 4) is 6.07 Å². The van der Waals surface area contributed by atoms with Crippen molar-refractivity contribution in [2.24, 2.45) is 0 Å². The van der Waals surface area contributed by atoms with Crippen LogP contribution in [-0.4, -0.2) is 35.2 Å². The summed E-state index contributed by atoms with van der Waals surface area (Å²) < 4.78 is 1.73. The van der Waals surface area contributed by atoms with Crippen LogP contribution < -0.4 is 10.6 Å². The second-order valence-electron chi connectivity index (χ2n) is 6.34. The van der Waals surface area contributed by atoms with Gasteiger partial charge in [-0.3, -0.25) is 9.78 Å². The van der Waals surface area contributed by atoms with Crippen molar-refractivity contribution in [3.05, 3.63) is 78.0 Å². The number of carbonyl (C=O) groups excluding carboxylic acids is 1. The second-order valence-corrected chi connectivity index (χ2v) is 7.43. The average molecular weight is 418 g/mol. The molecule has 0 radical (unpaired) electrons. The molecule has 9 nitrogen and oxygen atoms in total. The van der Waals surface area contributed by atoms with Gasteiger partial charge in [0.05, 0.1) is 28.9 Å². The molecule has 0 spiro atoms. The van der Waals surface area contributed by atoms with E-state index in [0.29, 0.717) is 34.3 Å². The van der Waals surface area contributed by atoms with Crippen molar-refractivity contribution in [1.82, 2.24) is 19.5 Å². The molecule has 3 N–H and O–H groups in total. The average Bonchev–Trinajstić information content (AvgIpc) is 3.12. The van der Waals surface area contributed by atoms with E-state index >= 15 is 0 Å². The van der Waals surface area contributed by atoms with E-state index < -0.39 is 14.3 Å². The number of rotatable bonds is 5. The largest absolute Gasteiger partial charge is 0.347 e. The predicted octanol–water partition coefficient (Wildman–Crippen LogP) is 1.92. The van der Waals surface area contributed by atoms with E-state index in [9.17, 15) is 14.6 Å². The van der Waals surface area contributed by atoms with Gasteiger partial charge in [-0.2, -0.15) is 5.26 Å². The molecule has 0 aliphatic rings. The van der Waals surface area contributed by atoms with E-state index in [4.69, 9.17) is 5.26 Å². The number of nitrogens with one attached hydrogen (secondary N) is 1. The monoisotopic (exact) mass is 418 g/mol. The van der Waals surface area contributed by atoms with Crippen LogP contribution in [0.4, 0.5) is 5.82 Å². The van der Waals surface area contributed by atoms with Crippen LogP contribution in [0.5, 0.6) is 0 Å². The lowest BCUT2D eigenvalue weighted by atomic mass is 10.2. The molecule has 0 aliphatic heterocycles. The van der Waals surface area contributed by atoms with Crippen molar-refractivity contribution in [1.29, 1.82) is 5.26 Å². The van der Waals surface area contributed by atoms with Gasteiger partial charge in [0.1, 0.15) is 0 Å². The van der Waals surface area contributed by atoms with Gasteiger partial charge < -0.3 is 19.7 Å². The number of anilines is 1. The summed E-state index contributed by atoms with van der Waals surface area (Å²) in [6.07, 6.45) is 4.40. The quantitative estimate of drug-likeness (QED) is 0.421. The highest BCUT2D eigenvalue weighted by molar-refractivity contribution is 7.54. The molecule has 0 saturated carbocycles. The van der Waals surface area contributed by atoms with Crippen molar-refractivity contribution < 1.29 is 14.6 Å². The molecule has 0 aliphatic carbocycles. The normalized spacial score (nSPS) is 10.9. The van der Waals surface area contributed by atoms with Crippen LogP contribution in [0.25, 0.3) is 11.0 Å². The third-order valence-electron chi connectivity index (χ3n) is 4.39. The molecule has 0 saturated heterocycles. The molecule has 10 heteroatoms. The molecule has 30 heavy (non-hydrogen) atoms. The van der Waals surface area contributed by atoms with Gasteiger partial charge >= 0.3 is 0 Å². The van der Waals surface area contributed by atoms with Gasteiger partial charge in [0.15, 0.2) is 14.2 Å². The highest BCUT2D eigenvalue weighted by Gasteiger charge is 2.19. The highest BCUT2D eigenvalue weighted by Crippen LogP contribution is 2.23. The molecule has 4 rings (SSSR count). The van der Waals surface area contributed by atoms with Gasteiger partial charge in [0, 0.05) is 24.2 Å². The molecule has 148 valence electrons. The Kier molecular flexibility index (Phi) is 5.46. The molecule has 1 amide bonds. The zero-order chi connectivity index (χ0) is 21.1. The fourth-order valence-electron chi connectivity index (χ4n) is 2.99. The Balaban J connectivity index is 1.74. The van der Waals surface area contributed by atoms with Crippen LogP contribution in [0.2, 0.25) is 0 Å². The Labute approximate surface area is 172 Å². The molecule has 2 aromatic heterocycles. The minimum Gasteiger partial charge on any atom is -0.347 e. The Morgan fingerprint density at radius 3 is 2.63 bits per heavy atom. The topological polar surface area (TPSA) is 137 Å². The highest BCUT2D eigenvalue weighted by atomic mass is 31.2. The van der Waals surface area contributed by atoms with Gasteiger partial charge in [-0.1, -0.05) is 12.1 Å². The smallest absolute Gasteiger partial charge is 0.292 e. The first-order valence-corrected chi connectivity index (χ1v) is 10.0. The lowest BCUT2D eigenvalue weighted by Gasteiger charge is -2.10. The maximum atomic E-state index is 12.9. The van der Waals surface area contributed by atoms with Gasteiger partial charge in [-0.05, 0) is 35.9 Å². The summed E-state index contributed by atoms with van der Waals surface area (Å²) in [7, 11) is -2.16. The molecule has 0 fully saturated rings. The van der Waals surface area contributed by atoms with Gasteiger partial charge in [0.2, 0.25) is 5.82 Å². The number of benzene rings is 2. The molecule has 2 heterocycles. The fourth-order valence-corrected chi connectivity index (χ4v) is 3.40. The molecular weight excluding hydrogens is 403 g/mol. The third-order valence-corrected chi connectivity index (χ3v) is 5.15. The summed E-state index contributed by atoms with van der Waals surface area (Å²) in [6, 6.07) is 13.9. The molecule has 0 unspecified atom stereocenters.